The predicted octanol–water partition coefficient (Wildman–Crippen LogP) is 6.24. The highest BCUT2D eigenvalue weighted by molar-refractivity contribution is 6.41. The Morgan fingerprint density at radius 2 is 1.69 bits per heavy atom. The van der Waals surface area contributed by atoms with E-state index < -0.39 is 17.2 Å². The molecule has 0 radical (unpaired) electrons. The number of rotatable bonds is 3. The van der Waals surface area contributed by atoms with Crippen LogP contribution in [0.15, 0.2) is 90.3 Å². The van der Waals surface area contributed by atoms with Crippen LogP contribution in [0.5, 0.6) is 0 Å². The second-order valence-electron chi connectivity index (χ2n) is 10.7. The summed E-state index contributed by atoms with van der Waals surface area (Å²) in [5, 5.41) is 14.1. The summed E-state index contributed by atoms with van der Waals surface area (Å²) in [6.07, 6.45) is -1.22. The maximum atomic E-state index is 13.5. The molecule has 2 aliphatic rings. The van der Waals surface area contributed by atoms with Gasteiger partial charge in [0.1, 0.15) is 7.05 Å². The third-order valence-corrected chi connectivity index (χ3v) is 7.81. The van der Waals surface area contributed by atoms with Crippen molar-refractivity contribution in [3.05, 3.63) is 113 Å². The normalized spacial score (nSPS) is 17.8. The number of hydrogen-bond acceptors (Lipinski definition) is 2. The van der Waals surface area contributed by atoms with Crippen LogP contribution in [-0.2, 0) is 16.4 Å². The SMILES string of the molecule is Cc1cc(-n2cc(C3=C([O-])C(=CC4=[N+](C)c5ccccc5C4(C)C)C3=O)c3ccccc32)cc(C(F)(F)F)c1. The molecule has 0 saturated heterocycles. The third-order valence-electron chi connectivity index (χ3n) is 7.81. The molecule has 1 aromatic heterocycles. The van der Waals surface area contributed by atoms with Gasteiger partial charge in [0.25, 0.3) is 0 Å². The van der Waals surface area contributed by atoms with Gasteiger partial charge in [-0.2, -0.15) is 17.7 Å². The molecule has 2 heterocycles. The summed E-state index contributed by atoms with van der Waals surface area (Å²) in [6.45, 7) is 5.73. The lowest BCUT2D eigenvalue weighted by Crippen LogP contribution is -2.33. The van der Waals surface area contributed by atoms with Crippen LogP contribution in [0.25, 0.3) is 22.2 Å². The fourth-order valence-electron chi connectivity index (χ4n) is 5.84. The molecule has 0 saturated carbocycles. The number of Topliss-reactive ketones (excluding diaryl/α,β-unsaturated/α-hetero) is 1. The summed E-state index contributed by atoms with van der Waals surface area (Å²) >= 11 is 0. The molecule has 0 spiro atoms. The Balaban J connectivity index is 1.48. The van der Waals surface area contributed by atoms with E-state index in [1.165, 1.54) is 0 Å². The number of para-hydroxylation sites is 2. The van der Waals surface area contributed by atoms with E-state index >= 15 is 0 Å². The van der Waals surface area contributed by atoms with Gasteiger partial charge in [-0.3, -0.25) is 4.79 Å². The number of alkyl halides is 3. The van der Waals surface area contributed by atoms with Gasteiger partial charge in [0.2, 0.25) is 5.69 Å². The van der Waals surface area contributed by atoms with Crippen molar-refractivity contribution >= 4 is 33.7 Å². The first kappa shape index (κ1) is 24.9. The van der Waals surface area contributed by atoms with Gasteiger partial charge >= 0.3 is 6.18 Å². The minimum absolute atomic E-state index is 0.0523. The topological polar surface area (TPSA) is 48.1 Å². The lowest BCUT2D eigenvalue weighted by atomic mass is 9.77. The van der Waals surface area contributed by atoms with Crippen LogP contribution in [-0.4, -0.2) is 27.7 Å². The van der Waals surface area contributed by atoms with Crippen molar-refractivity contribution in [3.63, 3.8) is 0 Å². The predicted molar refractivity (Wildman–Crippen MR) is 143 cm³/mol. The molecule has 1 aliphatic heterocycles. The Kier molecular flexibility index (Phi) is 5.31. The summed E-state index contributed by atoms with van der Waals surface area (Å²) in [4.78, 5) is 13.5. The van der Waals surface area contributed by atoms with Crippen molar-refractivity contribution in [1.82, 2.24) is 4.57 Å². The molecule has 39 heavy (non-hydrogen) atoms. The van der Waals surface area contributed by atoms with E-state index in [2.05, 4.69) is 13.8 Å². The quantitative estimate of drug-likeness (QED) is 0.234. The molecule has 0 N–H and O–H groups in total. The van der Waals surface area contributed by atoms with Crippen molar-refractivity contribution in [2.75, 3.05) is 7.05 Å². The van der Waals surface area contributed by atoms with Gasteiger partial charge in [-0.05, 0) is 50.6 Å². The monoisotopic (exact) mass is 526 g/mol. The first-order valence-corrected chi connectivity index (χ1v) is 12.6. The van der Waals surface area contributed by atoms with Crippen LogP contribution >= 0.6 is 0 Å². The Hall–Kier alpha value is -4.39. The molecule has 6 rings (SSSR count). The van der Waals surface area contributed by atoms with Crippen molar-refractivity contribution in [1.29, 1.82) is 0 Å². The molecule has 196 valence electrons. The van der Waals surface area contributed by atoms with Gasteiger partial charge in [0.15, 0.2) is 11.5 Å². The largest absolute Gasteiger partial charge is 0.871 e. The van der Waals surface area contributed by atoms with Crippen molar-refractivity contribution in [2.24, 2.45) is 0 Å². The van der Waals surface area contributed by atoms with E-state index in [0.717, 1.165) is 29.1 Å². The van der Waals surface area contributed by atoms with Crippen LogP contribution in [0.4, 0.5) is 18.9 Å². The highest BCUT2D eigenvalue weighted by Crippen LogP contribution is 2.43. The average molecular weight is 527 g/mol. The highest BCUT2D eigenvalue weighted by Gasteiger charge is 2.44. The van der Waals surface area contributed by atoms with Gasteiger partial charge in [-0.1, -0.05) is 42.2 Å². The maximum Gasteiger partial charge on any atom is 0.416 e. The minimum Gasteiger partial charge on any atom is -0.871 e. The van der Waals surface area contributed by atoms with E-state index in [9.17, 15) is 23.1 Å². The summed E-state index contributed by atoms with van der Waals surface area (Å²) in [7, 11) is 1.92. The number of halogens is 3. The van der Waals surface area contributed by atoms with E-state index in [-0.39, 0.29) is 22.7 Å². The molecular formula is C32H25F3N2O2. The standard InChI is InChI=1S/C32H25F3N2O2/c1-18-13-19(32(33,34)35)15-20(14-18)37-17-23(21-9-5-7-11-25(21)37)28-29(38)22(30(28)39)16-27-31(2,3)24-10-6-8-12-26(24)36(27)4/h5-17H,1-4H3. The van der Waals surface area contributed by atoms with Gasteiger partial charge in [0, 0.05) is 51.7 Å². The maximum absolute atomic E-state index is 13.5. The molecule has 0 atom stereocenters. The molecule has 4 aromatic rings. The Morgan fingerprint density at radius 3 is 2.38 bits per heavy atom. The zero-order chi connectivity index (χ0) is 27.9. The number of nitrogens with zero attached hydrogens (tertiary/aromatic N) is 2. The molecule has 0 bridgehead atoms. The number of allylic oxidation sites excluding steroid dienone is 3. The Bertz CT molecular complexity index is 1820. The highest BCUT2D eigenvalue weighted by atomic mass is 19.4. The van der Waals surface area contributed by atoms with Gasteiger partial charge in [-0.15, -0.1) is 0 Å². The molecule has 7 heteroatoms. The Labute approximate surface area is 223 Å². The second kappa shape index (κ2) is 8.30. The molecule has 0 unspecified atom stereocenters. The van der Waals surface area contributed by atoms with Crippen molar-refractivity contribution in [3.8, 4) is 5.69 Å². The lowest BCUT2D eigenvalue weighted by molar-refractivity contribution is -0.401. The Morgan fingerprint density at radius 1 is 1.00 bits per heavy atom. The summed E-state index contributed by atoms with van der Waals surface area (Å²) < 4.78 is 44.2. The van der Waals surface area contributed by atoms with Crippen LogP contribution in [0.1, 0.15) is 36.1 Å². The number of benzene rings is 3. The molecule has 3 aromatic carbocycles. The molecule has 4 nitrogen and oxygen atoms in total. The van der Waals surface area contributed by atoms with E-state index in [0.29, 0.717) is 27.7 Å². The van der Waals surface area contributed by atoms with Crippen LogP contribution in [0.3, 0.4) is 0 Å². The van der Waals surface area contributed by atoms with Crippen molar-refractivity contribution in [2.45, 2.75) is 32.4 Å². The summed E-state index contributed by atoms with van der Waals surface area (Å²) in [5.74, 6) is -0.730. The van der Waals surface area contributed by atoms with Gasteiger partial charge in [0.05, 0.1) is 16.5 Å². The van der Waals surface area contributed by atoms with E-state index in [1.54, 1.807) is 54.1 Å². The first-order valence-electron chi connectivity index (χ1n) is 12.6. The molecule has 0 amide bonds. The minimum atomic E-state index is -4.50. The number of hydrogen-bond donors (Lipinski definition) is 0. The fraction of sp³-hybridized carbons (Fsp3) is 0.188. The third kappa shape index (κ3) is 3.67. The first-order chi connectivity index (χ1) is 18.4. The lowest BCUT2D eigenvalue weighted by Gasteiger charge is -2.30. The van der Waals surface area contributed by atoms with Crippen LogP contribution in [0, 0.1) is 6.92 Å². The van der Waals surface area contributed by atoms with Crippen LogP contribution in [0.2, 0.25) is 0 Å². The summed E-state index contributed by atoms with van der Waals surface area (Å²) in [6, 6.07) is 18.9. The smallest absolute Gasteiger partial charge is 0.416 e. The number of aryl methyl sites for hydroxylation is 1. The molecule has 0 fully saturated rings. The number of fused-ring (bicyclic) bond motifs is 2. The van der Waals surface area contributed by atoms with Crippen LogP contribution < -0.4 is 5.11 Å². The average Bonchev–Trinajstić information content (AvgIpc) is 3.35. The van der Waals surface area contributed by atoms with E-state index in [4.69, 9.17) is 0 Å². The van der Waals surface area contributed by atoms with Gasteiger partial charge < -0.3 is 9.67 Å². The number of aromatic nitrogens is 1. The van der Waals surface area contributed by atoms with E-state index in [1.807, 2.05) is 35.9 Å². The van der Waals surface area contributed by atoms with Crippen molar-refractivity contribution < 1.29 is 27.6 Å². The number of ketones is 1. The summed E-state index contributed by atoms with van der Waals surface area (Å²) in [5.41, 5.74) is 3.78. The van der Waals surface area contributed by atoms with Gasteiger partial charge in [-0.25, -0.2) is 0 Å². The number of carbonyl (C=O) groups is 1. The molecular weight excluding hydrogens is 501 g/mol. The fourth-order valence-corrected chi connectivity index (χ4v) is 5.84. The zero-order valence-corrected chi connectivity index (χ0v) is 21.9. The second-order valence-corrected chi connectivity index (χ2v) is 10.7. The zero-order valence-electron chi connectivity index (χ0n) is 21.9. The molecule has 1 aliphatic carbocycles. The number of carbonyl (C=O) groups excluding carboxylic acids is 1.